The van der Waals surface area contributed by atoms with E-state index in [4.69, 9.17) is 5.11 Å². The Hall–Kier alpha value is -3.16. The lowest BCUT2D eigenvalue weighted by Crippen LogP contribution is -2.13. The number of anilines is 2. The lowest BCUT2D eigenvalue weighted by molar-refractivity contribution is -0.114. The number of aromatic nitrogens is 2. The maximum atomic E-state index is 12.0. The fourth-order valence-corrected chi connectivity index (χ4v) is 1.63. The molecule has 8 nitrogen and oxygen atoms in total. The number of rotatable bonds is 4. The average Bonchev–Trinajstić information content (AvgIpc) is 2.87. The van der Waals surface area contributed by atoms with Gasteiger partial charge in [0.05, 0.1) is 0 Å². The zero-order valence-corrected chi connectivity index (χ0v) is 11.0. The van der Waals surface area contributed by atoms with Gasteiger partial charge >= 0.3 is 5.97 Å². The molecule has 1 aromatic heterocycles. The molecule has 0 unspecified atom stereocenters. The van der Waals surface area contributed by atoms with Crippen molar-refractivity contribution in [2.75, 3.05) is 10.6 Å². The van der Waals surface area contributed by atoms with E-state index < -0.39 is 11.9 Å². The third-order valence-corrected chi connectivity index (χ3v) is 2.49. The summed E-state index contributed by atoms with van der Waals surface area (Å²) in [6.45, 7) is 1.36. The highest BCUT2D eigenvalue weighted by atomic mass is 16.4. The lowest BCUT2D eigenvalue weighted by Gasteiger charge is -2.05. The number of hydrogen-bond acceptors (Lipinski definition) is 4. The van der Waals surface area contributed by atoms with E-state index in [9.17, 15) is 14.4 Å². The topological polar surface area (TPSA) is 124 Å². The predicted molar refractivity (Wildman–Crippen MR) is 74.2 cm³/mol. The van der Waals surface area contributed by atoms with Gasteiger partial charge in [0.25, 0.3) is 5.91 Å². The molecule has 0 saturated heterocycles. The first-order valence-corrected chi connectivity index (χ1v) is 5.93. The molecule has 0 fully saturated rings. The Kier molecular flexibility index (Phi) is 3.98. The molecule has 0 saturated carbocycles. The third kappa shape index (κ3) is 3.66. The van der Waals surface area contributed by atoms with Crippen molar-refractivity contribution < 1.29 is 19.5 Å². The van der Waals surface area contributed by atoms with Crippen LogP contribution < -0.4 is 10.6 Å². The van der Waals surface area contributed by atoms with Gasteiger partial charge in [0.15, 0.2) is 5.82 Å². The largest absolute Gasteiger partial charge is 0.477 e. The number of aromatic carboxylic acids is 1. The van der Waals surface area contributed by atoms with E-state index in [1.54, 1.807) is 18.2 Å². The molecule has 0 bridgehead atoms. The third-order valence-electron chi connectivity index (χ3n) is 2.49. The number of H-pyrrole nitrogens is 1. The molecule has 0 aliphatic carbocycles. The van der Waals surface area contributed by atoms with E-state index in [-0.39, 0.29) is 17.4 Å². The number of aromatic amines is 1. The van der Waals surface area contributed by atoms with E-state index in [1.807, 2.05) is 0 Å². The molecular weight excluding hydrogens is 276 g/mol. The van der Waals surface area contributed by atoms with Crippen LogP contribution in [0.1, 0.15) is 27.8 Å². The van der Waals surface area contributed by atoms with Crippen LogP contribution in [0.15, 0.2) is 30.3 Å². The first-order chi connectivity index (χ1) is 9.95. The second kappa shape index (κ2) is 5.87. The van der Waals surface area contributed by atoms with Gasteiger partial charge in [-0.15, -0.1) is 0 Å². The molecule has 2 rings (SSSR count). The standard InChI is InChI=1S/C13H12N4O4/c1-7(18)14-9-4-2-3-8(5-9)12(19)15-11-6-10(13(20)21)16-17-11/h2-6H,1H3,(H,14,18)(H,20,21)(H2,15,16,17,19). The molecule has 0 aliphatic rings. The van der Waals surface area contributed by atoms with E-state index in [0.717, 1.165) is 0 Å². The summed E-state index contributed by atoms with van der Waals surface area (Å²) in [6.07, 6.45) is 0. The quantitative estimate of drug-likeness (QED) is 0.675. The molecule has 8 heteroatoms. The molecule has 21 heavy (non-hydrogen) atoms. The SMILES string of the molecule is CC(=O)Nc1cccc(C(=O)Nc2cc(C(=O)O)[nH]n2)c1. The Labute approximate surface area is 119 Å². The Balaban J connectivity index is 2.12. The fourth-order valence-electron chi connectivity index (χ4n) is 1.63. The maximum absolute atomic E-state index is 12.0. The predicted octanol–water partition coefficient (Wildman–Crippen LogP) is 1.32. The van der Waals surface area contributed by atoms with Crippen molar-refractivity contribution in [2.24, 2.45) is 0 Å². The molecule has 0 spiro atoms. The summed E-state index contributed by atoms with van der Waals surface area (Å²) < 4.78 is 0. The molecular formula is C13H12N4O4. The van der Waals surface area contributed by atoms with E-state index >= 15 is 0 Å². The molecule has 1 heterocycles. The van der Waals surface area contributed by atoms with Crippen molar-refractivity contribution in [1.29, 1.82) is 0 Å². The van der Waals surface area contributed by atoms with Crippen molar-refractivity contribution in [3.05, 3.63) is 41.6 Å². The highest BCUT2D eigenvalue weighted by Crippen LogP contribution is 2.13. The van der Waals surface area contributed by atoms with Crippen LogP contribution in [0.3, 0.4) is 0 Å². The highest BCUT2D eigenvalue weighted by molar-refractivity contribution is 6.05. The summed E-state index contributed by atoms with van der Waals surface area (Å²) in [5.41, 5.74) is 0.668. The van der Waals surface area contributed by atoms with Crippen LogP contribution in [0.4, 0.5) is 11.5 Å². The summed E-state index contributed by atoms with van der Waals surface area (Å²) in [5, 5.41) is 19.7. The molecule has 0 radical (unpaired) electrons. The second-order valence-corrected chi connectivity index (χ2v) is 4.19. The molecule has 1 aromatic carbocycles. The average molecular weight is 288 g/mol. The Morgan fingerprint density at radius 1 is 1.19 bits per heavy atom. The highest BCUT2D eigenvalue weighted by Gasteiger charge is 2.12. The minimum atomic E-state index is -1.17. The first kappa shape index (κ1) is 14.3. The van der Waals surface area contributed by atoms with Gasteiger partial charge in [0.1, 0.15) is 5.69 Å². The number of hydrogen-bond donors (Lipinski definition) is 4. The smallest absolute Gasteiger partial charge is 0.353 e. The number of nitrogens with zero attached hydrogens (tertiary/aromatic N) is 1. The van der Waals surface area contributed by atoms with Gasteiger partial charge < -0.3 is 15.7 Å². The summed E-state index contributed by atoms with van der Waals surface area (Å²) in [6, 6.07) is 7.54. The molecule has 2 amide bonds. The Morgan fingerprint density at radius 3 is 2.57 bits per heavy atom. The van der Waals surface area contributed by atoms with Crippen molar-refractivity contribution in [1.82, 2.24) is 10.2 Å². The van der Waals surface area contributed by atoms with Gasteiger partial charge in [-0.05, 0) is 18.2 Å². The summed E-state index contributed by atoms with van der Waals surface area (Å²) in [5.74, 6) is -1.78. The van der Waals surface area contributed by atoms with E-state index in [2.05, 4.69) is 20.8 Å². The number of benzene rings is 1. The number of nitrogens with one attached hydrogen (secondary N) is 3. The second-order valence-electron chi connectivity index (χ2n) is 4.19. The molecule has 4 N–H and O–H groups in total. The normalized spacial score (nSPS) is 9.95. The van der Waals surface area contributed by atoms with Crippen molar-refractivity contribution in [3.63, 3.8) is 0 Å². The van der Waals surface area contributed by atoms with Gasteiger partial charge in [0, 0.05) is 24.2 Å². The Bertz CT molecular complexity index is 708. The first-order valence-electron chi connectivity index (χ1n) is 5.93. The monoisotopic (exact) mass is 288 g/mol. The van der Waals surface area contributed by atoms with Crippen molar-refractivity contribution in [3.8, 4) is 0 Å². The zero-order chi connectivity index (χ0) is 15.4. The van der Waals surface area contributed by atoms with Gasteiger partial charge in [-0.1, -0.05) is 6.07 Å². The summed E-state index contributed by atoms with van der Waals surface area (Å²) >= 11 is 0. The molecule has 0 aliphatic heterocycles. The van der Waals surface area contributed by atoms with Gasteiger partial charge in [-0.3, -0.25) is 14.7 Å². The molecule has 0 atom stereocenters. The van der Waals surface area contributed by atoms with Crippen LogP contribution in [-0.4, -0.2) is 33.1 Å². The van der Waals surface area contributed by atoms with Crippen LogP contribution in [-0.2, 0) is 4.79 Å². The van der Waals surface area contributed by atoms with Crippen LogP contribution in [0.5, 0.6) is 0 Å². The van der Waals surface area contributed by atoms with E-state index in [1.165, 1.54) is 19.1 Å². The van der Waals surface area contributed by atoms with Gasteiger partial charge in [0.2, 0.25) is 5.91 Å². The van der Waals surface area contributed by atoms with Gasteiger partial charge in [-0.25, -0.2) is 4.79 Å². The van der Waals surface area contributed by atoms with E-state index in [0.29, 0.717) is 11.3 Å². The molecule has 2 aromatic rings. The van der Waals surface area contributed by atoms with Gasteiger partial charge in [-0.2, -0.15) is 5.10 Å². The minimum absolute atomic E-state index is 0.0994. The minimum Gasteiger partial charge on any atom is -0.477 e. The number of carbonyl (C=O) groups is 3. The van der Waals surface area contributed by atoms with Crippen LogP contribution in [0, 0.1) is 0 Å². The maximum Gasteiger partial charge on any atom is 0.353 e. The summed E-state index contributed by atoms with van der Waals surface area (Å²) in [7, 11) is 0. The van der Waals surface area contributed by atoms with Crippen LogP contribution in [0.2, 0.25) is 0 Å². The lowest BCUT2D eigenvalue weighted by atomic mass is 10.2. The number of carboxylic acids is 1. The van der Waals surface area contributed by atoms with Crippen LogP contribution >= 0.6 is 0 Å². The molecule has 108 valence electrons. The number of amides is 2. The fraction of sp³-hybridized carbons (Fsp3) is 0.0769. The Morgan fingerprint density at radius 2 is 1.95 bits per heavy atom. The van der Waals surface area contributed by atoms with Crippen molar-refractivity contribution in [2.45, 2.75) is 6.92 Å². The summed E-state index contributed by atoms with van der Waals surface area (Å²) in [4.78, 5) is 33.7. The number of carboxylic acid groups (broad SMARTS) is 1. The zero-order valence-electron chi connectivity index (χ0n) is 11.0. The number of carbonyl (C=O) groups excluding carboxylic acids is 2. The van der Waals surface area contributed by atoms with Crippen LogP contribution in [0.25, 0.3) is 0 Å². The van der Waals surface area contributed by atoms with Crippen molar-refractivity contribution >= 4 is 29.3 Å².